The first kappa shape index (κ1) is 19.2. The summed E-state index contributed by atoms with van der Waals surface area (Å²) in [5.41, 5.74) is 1.35. The Kier molecular flexibility index (Phi) is 6.51. The molecule has 2 rings (SSSR count). The molecule has 26 heavy (non-hydrogen) atoms. The van der Waals surface area contributed by atoms with Crippen molar-refractivity contribution < 1.29 is 23.1 Å². The second-order valence-corrected chi connectivity index (χ2v) is 6.98. The molecule has 0 bridgehead atoms. The first-order valence-corrected chi connectivity index (χ1v) is 9.23. The Bertz CT molecular complexity index is 880. The van der Waals surface area contributed by atoms with Gasteiger partial charge in [-0.1, -0.05) is 60.7 Å². The van der Waals surface area contributed by atoms with Crippen molar-refractivity contribution >= 4 is 28.1 Å². The zero-order valence-corrected chi connectivity index (χ0v) is 14.5. The molecule has 8 heteroatoms. The van der Waals surface area contributed by atoms with Crippen LogP contribution >= 0.6 is 0 Å². The summed E-state index contributed by atoms with van der Waals surface area (Å²) in [6, 6.07) is 15.0. The van der Waals surface area contributed by atoms with Crippen LogP contribution in [0.25, 0.3) is 6.08 Å². The first-order chi connectivity index (χ1) is 12.4. The highest BCUT2D eigenvalue weighted by Crippen LogP contribution is 2.05. The lowest BCUT2D eigenvalue weighted by Gasteiger charge is -2.14. The van der Waals surface area contributed by atoms with Gasteiger partial charge in [-0.05, 0) is 17.2 Å². The highest BCUT2D eigenvalue weighted by Gasteiger charge is 2.22. The topological polar surface area (TPSA) is 113 Å². The molecule has 0 radical (unpaired) electrons. The number of carboxylic acid groups (broad SMARTS) is 1. The highest BCUT2D eigenvalue weighted by atomic mass is 32.2. The van der Waals surface area contributed by atoms with Crippen LogP contribution in [-0.2, 0) is 21.2 Å². The van der Waals surface area contributed by atoms with Gasteiger partial charge in [-0.25, -0.2) is 22.7 Å². The lowest BCUT2D eigenvalue weighted by molar-refractivity contribution is -0.139. The molecular weight excluding hydrogens is 356 g/mol. The minimum atomic E-state index is -4.06. The summed E-state index contributed by atoms with van der Waals surface area (Å²) in [5.74, 6) is -1.26. The van der Waals surface area contributed by atoms with Crippen molar-refractivity contribution in [3.63, 3.8) is 0 Å². The molecule has 2 aromatic rings. The van der Waals surface area contributed by atoms with Crippen LogP contribution in [0.2, 0.25) is 0 Å². The van der Waals surface area contributed by atoms with Gasteiger partial charge in [0.15, 0.2) is 0 Å². The number of hydrogen-bond donors (Lipinski definition) is 3. The molecule has 0 aliphatic carbocycles. The average molecular weight is 374 g/mol. The SMILES string of the molecule is O=C(N[C@@H](Cc1ccccc1)C(=O)O)NS(=O)(=O)C=Cc1ccccc1. The van der Waals surface area contributed by atoms with Crippen molar-refractivity contribution in [2.75, 3.05) is 0 Å². The summed E-state index contributed by atoms with van der Waals surface area (Å²) in [5, 5.41) is 12.2. The lowest BCUT2D eigenvalue weighted by Crippen LogP contribution is -2.48. The van der Waals surface area contributed by atoms with Crippen LogP contribution in [0.3, 0.4) is 0 Å². The summed E-state index contributed by atoms with van der Waals surface area (Å²) < 4.78 is 25.6. The van der Waals surface area contributed by atoms with E-state index < -0.39 is 28.1 Å². The van der Waals surface area contributed by atoms with Crippen LogP contribution in [0.1, 0.15) is 11.1 Å². The molecule has 2 aromatic carbocycles. The van der Waals surface area contributed by atoms with Gasteiger partial charge in [-0.3, -0.25) is 0 Å². The number of carboxylic acids is 1. The molecule has 7 nitrogen and oxygen atoms in total. The van der Waals surface area contributed by atoms with Gasteiger partial charge in [0.05, 0.1) is 5.41 Å². The Hall–Kier alpha value is -3.13. The number of urea groups is 1. The Morgan fingerprint density at radius 1 is 1.00 bits per heavy atom. The predicted octanol–water partition coefficient (Wildman–Crippen LogP) is 1.98. The van der Waals surface area contributed by atoms with Gasteiger partial charge in [0.1, 0.15) is 6.04 Å². The number of rotatable bonds is 7. The van der Waals surface area contributed by atoms with Crippen LogP contribution in [-0.4, -0.2) is 31.6 Å². The van der Waals surface area contributed by atoms with E-state index in [1.807, 2.05) is 0 Å². The van der Waals surface area contributed by atoms with Crippen molar-refractivity contribution in [1.82, 2.24) is 10.0 Å². The smallest absolute Gasteiger partial charge is 0.329 e. The standard InChI is InChI=1S/C18H18N2O5S/c21-17(22)16(13-15-9-5-2-6-10-15)19-18(23)20-26(24,25)12-11-14-7-3-1-4-8-14/h1-12,16H,13H2,(H,21,22)(H2,19,20,23)/t16-/m0/s1. The molecule has 0 aliphatic heterocycles. The molecule has 0 heterocycles. The van der Waals surface area contributed by atoms with Crippen LogP contribution in [0.4, 0.5) is 4.79 Å². The van der Waals surface area contributed by atoms with Gasteiger partial charge in [0, 0.05) is 6.42 Å². The average Bonchev–Trinajstić information content (AvgIpc) is 2.61. The van der Waals surface area contributed by atoms with Crippen LogP contribution < -0.4 is 10.0 Å². The zero-order valence-electron chi connectivity index (χ0n) is 13.7. The Balaban J connectivity index is 1.98. The maximum absolute atomic E-state index is 11.9. The van der Waals surface area contributed by atoms with E-state index in [4.69, 9.17) is 0 Å². The van der Waals surface area contributed by atoms with Crippen molar-refractivity contribution in [2.24, 2.45) is 0 Å². The predicted molar refractivity (Wildman–Crippen MR) is 97.6 cm³/mol. The number of sulfonamides is 1. The molecule has 1 atom stereocenters. The fourth-order valence-corrected chi connectivity index (χ4v) is 2.85. The number of carbonyl (C=O) groups is 2. The number of carbonyl (C=O) groups excluding carboxylic acids is 1. The molecule has 0 fully saturated rings. The molecule has 0 saturated carbocycles. The van der Waals surface area contributed by atoms with E-state index in [2.05, 4.69) is 5.32 Å². The van der Waals surface area contributed by atoms with E-state index in [0.29, 0.717) is 11.1 Å². The maximum atomic E-state index is 11.9. The van der Waals surface area contributed by atoms with Crippen LogP contribution in [0, 0.1) is 0 Å². The first-order valence-electron chi connectivity index (χ1n) is 7.69. The van der Waals surface area contributed by atoms with Gasteiger partial charge in [-0.2, -0.15) is 0 Å². The molecule has 0 aliphatic rings. The van der Waals surface area contributed by atoms with Crippen LogP contribution in [0.5, 0.6) is 0 Å². The third kappa shape index (κ3) is 6.40. The molecule has 2 amide bonds. The van der Waals surface area contributed by atoms with Crippen molar-refractivity contribution in [1.29, 1.82) is 0 Å². The minimum Gasteiger partial charge on any atom is -0.480 e. The third-order valence-electron chi connectivity index (χ3n) is 3.36. The summed E-state index contributed by atoms with van der Waals surface area (Å²) in [4.78, 5) is 23.2. The maximum Gasteiger partial charge on any atom is 0.329 e. The second kappa shape index (κ2) is 8.82. The van der Waals surface area contributed by atoms with Gasteiger partial charge >= 0.3 is 12.0 Å². The Labute approximate surface area is 151 Å². The number of nitrogens with one attached hydrogen (secondary N) is 2. The fourth-order valence-electron chi connectivity index (χ4n) is 2.13. The largest absolute Gasteiger partial charge is 0.480 e. The van der Waals surface area contributed by atoms with Gasteiger partial charge < -0.3 is 10.4 Å². The number of amides is 2. The third-order valence-corrected chi connectivity index (χ3v) is 4.32. The molecule has 3 N–H and O–H groups in total. The second-order valence-electron chi connectivity index (χ2n) is 5.41. The summed E-state index contributed by atoms with van der Waals surface area (Å²) >= 11 is 0. The summed E-state index contributed by atoms with van der Waals surface area (Å²) in [6.45, 7) is 0. The molecule has 0 unspecified atom stereocenters. The van der Waals surface area contributed by atoms with E-state index in [-0.39, 0.29) is 6.42 Å². The van der Waals surface area contributed by atoms with E-state index in [9.17, 15) is 23.1 Å². The number of benzene rings is 2. The monoisotopic (exact) mass is 374 g/mol. The van der Waals surface area contributed by atoms with Crippen molar-refractivity contribution in [2.45, 2.75) is 12.5 Å². The molecule has 0 aromatic heterocycles. The molecule has 0 spiro atoms. The van der Waals surface area contributed by atoms with E-state index in [1.165, 1.54) is 6.08 Å². The normalized spacial score (nSPS) is 12.5. The molecular formula is C18H18N2O5S. The Morgan fingerprint density at radius 3 is 2.15 bits per heavy atom. The van der Waals surface area contributed by atoms with E-state index >= 15 is 0 Å². The summed E-state index contributed by atoms with van der Waals surface area (Å²) in [7, 11) is -4.06. The highest BCUT2D eigenvalue weighted by molar-refractivity contribution is 7.93. The van der Waals surface area contributed by atoms with E-state index in [0.717, 1.165) is 5.41 Å². The van der Waals surface area contributed by atoms with Gasteiger partial charge in [0.2, 0.25) is 0 Å². The fraction of sp³-hybridized carbons (Fsp3) is 0.111. The lowest BCUT2D eigenvalue weighted by atomic mass is 10.1. The van der Waals surface area contributed by atoms with Crippen molar-refractivity contribution in [3.8, 4) is 0 Å². The minimum absolute atomic E-state index is 0.0312. The van der Waals surface area contributed by atoms with Gasteiger partial charge in [-0.15, -0.1) is 0 Å². The number of aliphatic carboxylic acids is 1. The quantitative estimate of drug-likeness (QED) is 0.686. The zero-order chi connectivity index (χ0) is 19.0. The summed E-state index contributed by atoms with van der Waals surface area (Å²) in [6.07, 6.45) is 1.36. The number of hydrogen-bond acceptors (Lipinski definition) is 4. The van der Waals surface area contributed by atoms with E-state index in [1.54, 1.807) is 65.4 Å². The molecule has 136 valence electrons. The Morgan fingerprint density at radius 2 is 1.58 bits per heavy atom. The van der Waals surface area contributed by atoms with Gasteiger partial charge in [0.25, 0.3) is 10.0 Å². The molecule has 0 saturated heterocycles. The van der Waals surface area contributed by atoms with Crippen molar-refractivity contribution in [3.05, 3.63) is 77.2 Å². The van der Waals surface area contributed by atoms with Crippen LogP contribution in [0.15, 0.2) is 66.1 Å².